The van der Waals surface area contributed by atoms with Crippen molar-refractivity contribution in [1.29, 1.82) is 0 Å². The summed E-state index contributed by atoms with van der Waals surface area (Å²) in [4.78, 5) is 11.4. The van der Waals surface area contributed by atoms with E-state index >= 15 is 0 Å². The standard InChI is InChI=1S/C27H54N2O6S2/c1-8-24(2)10-9-13-29-25(30)11-15-31-18-21-34-22-23-35-27(6,37-36-26(3,4)5)12-16-32-19-20-33-17-14-28-7/h9-10,24,28H,8,11-23H2,1-7H3,(H,29,30)/b10-9+. The molecular weight excluding hydrogens is 512 g/mol. The summed E-state index contributed by atoms with van der Waals surface area (Å²) >= 11 is 0. The van der Waals surface area contributed by atoms with Crippen LogP contribution < -0.4 is 10.6 Å². The Labute approximate surface area is 234 Å². The van der Waals surface area contributed by atoms with Crippen LogP contribution >= 0.6 is 21.6 Å². The van der Waals surface area contributed by atoms with E-state index in [1.54, 1.807) is 10.8 Å². The summed E-state index contributed by atoms with van der Waals surface area (Å²) in [6, 6.07) is 0. The fourth-order valence-corrected chi connectivity index (χ4v) is 5.00. The van der Waals surface area contributed by atoms with Gasteiger partial charge >= 0.3 is 0 Å². The largest absolute Gasteiger partial charge is 0.379 e. The number of nitrogens with one attached hydrogen (secondary N) is 2. The van der Waals surface area contributed by atoms with Crippen LogP contribution in [-0.2, 0) is 28.5 Å². The molecule has 0 rings (SSSR count). The SMILES string of the molecule is CCC(C)/C=C/CNC(=O)CCOCCOCCOC(C)(CCOCCOCCNC)SSC(C)(C)C. The Kier molecular flexibility index (Phi) is 23.3. The summed E-state index contributed by atoms with van der Waals surface area (Å²) in [6.07, 6.45) is 6.36. The fraction of sp³-hybridized carbons (Fsp3) is 0.889. The van der Waals surface area contributed by atoms with Crippen molar-refractivity contribution in [2.45, 2.75) is 70.5 Å². The predicted octanol–water partition coefficient (Wildman–Crippen LogP) is 4.68. The van der Waals surface area contributed by atoms with Crippen LogP contribution in [0.4, 0.5) is 0 Å². The number of likely N-dealkylation sites (N-methyl/N-ethyl adjacent to an activating group) is 1. The molecule has 37 heavy (non-hydrogen) atoms. The Hall–Kier alpha value is -0.330. The van der Waals surface area contributed by atoms with Crippen LogP contribution in [0.3, 0.4) is 0 Å². The van der Waals surface area contributed by atoms with E-state index < -0.39 is 0 Å². The Balaban J connectivity index is 3.98. The minimum atomic E-state index is -0.373. The molecule has 0 saturated carbocycles. The summed E-state index contributed by atoms with van der Waals surface area (Å²) in [5, 5.41) is 5.92. The second kappa shape index (κ2) is 23.5. The maximum absolute atomic E-state index is 11.8. The van der Waals surface area contributed by atoms with Gasteiger partial charge in [0.05, 0.1) is 59.5 Å². The molecule has 10 heteroatoms. The topological polar surface area (TPSA) is 87.3 Å². The van der Waals surface area contributed by atoms with Gasteiger partial charge in [-0.2, -0.15) is 0 Å². The lowest BCUT2D eigenvalue weighted by atomic mass is 10.1. The summed E-state index contributed by atoms with van der Waals surface area (Å²) in [7, 11) is 5.47. The molecule has 0 bridgehead atoms. The zero-order valence-corrected chi connectivity index (χ0v) is 26.0. The Bertz CT molecular complexity index is 578. The van der Waals surface area contributed by atoms with Gasteiger partial charge < -0.3 is 34.3 Å². The highest BCUT2D eigenvalue weighted by molar-refractivity contribution is 8.77. The van der Waals surface area contributed by atoms with Crippen LogP contribution in [0.2, 0.25) is 0 Å². The van der Waals surface area contributed by atoms with Gasteiger partial charge in [0, 0.05) is 30.7 Å². The molecular formula is C27H54N2O6S2. The average molecular weight is 567 g/mol. The second-order valence-electron chi connectivity index (χ2n) is 9.93. The number of ether oxygens (including phenoxy) is 5. The van der Waals surface area contributed by atoms with E-state index in [9.17, 15) is 4.79 Å². The Morgan fingerprint density at radius 2 is 1.46 bits per heavy atom. The smallest absolute Gasteiger partial charge is 0.222 e. The van der Waals surface area contributed by atoms with Gasteiger partial charge in [0.2, 0.25) is 5.91 Å². The molecule has 2 unspecified atom stereocenters. The van der Waals surface area contributed by atoms with Gasteiger partial charge in [0.15, 0.2) is 0 Å². The van der Waals surface area contributed by atoms with Crippen LogP contribution in [0.25, 0.3) is 0 Å². The third kappa shape index (κ3) is 25.7. The summed E-state index contributed by atoms with van der Waals surface area (Å²) in [6.45, 7) is 19.2. The Morgan fingerprint density at radius 3 is 2.08 bits per heavy atom. The minimum Gasteiger partial charge on any atom is -0.379 e. The lowest BCUT2D eigenvalue weighted by Crippen LogP contribution is -2.29. The number of amides is 1. The molecule has 0 heterocycles. The summed E-state index contributed by atoms with van der Waals surface area (Å²) in [5.74, 6) is 0.538. The molecule has 0 aliphatic heterocycles. The molecule has 2 N–H and O–H groups in total. The van der Waals surface area contributed by atoms with Crippen molar-refractivity contribution in [2.75, 3.05) is 79.6 Å². The molecule has 0 aromatic rings. The van der Waals surface area contributed by atoms with Crippen molar-refractivity contribution in [3.05, 3.63) is 12.2 Å². The molecule has 8 nitrogen and oxygen atoms in total. The van der Waals surface area contributed by atoms with E-state index in [2.05, 4.69) is 58.3 Å². The minimum absolute atomic E-state index is 0.00155. The van der Waals surface area contributed by atoms with Gasteiger partial charge in [0.25, 0.3) is 0 Å². The Morgan fingerprint density at radius 1 is 0.865 bits per heavy atom. The fourth-order valence-electron chi connectivity index (χ4n) is 2.61. The van der Waals surface area contributed by atoms with Crippen molar-refractivity contribution in [3.8, 4) is 0 Å². The first kappa shape index (κ1) is 36.7. The number of carbonyl (C=O) groups is 1. The van der Waals surface area contributed by atoms with Crippen LogP contribution in [-0.4, -0.2) is 95.2 Å². The first-order chi connectivity index (χ1) is 17.6. The van der Waals surface area contributed by atoms with Gasteiger partial charge in [-0.15, -0.1) is 0 Å². The van der Waals surface area contributed by atoms with Crippen molar-refractivity contribution in [3.63, 3.8) is 0 Å². The van der Waals surface area contributed by atoms with E-state index in [0.717, 1.165) is 19.4 Å². The van der Waals surface area contributed by atoms with E-state index in [1.807, 2.05) is 23.9 Å². The van der Waals surface area contributed by atoms with Gasteiger partial charge in [-0.3, -0.25) is 4.79 Å². The lowest BCUT2D eigenvalue weighted by Gasteiger charge is -2.31. The number of rotatable bonds is 25. The molecule has 220 valence electrons. The van der Waals surface area contributed by atoms with E-state index in [-0.39, 0.29) is 15.6 Å². The molecule has 0 spiro atoms. The summed E-state index contributed by atoms with van der Waals surface area (Å²) < 4.78 is 28.8. The first-order valence-electron chi connectivity index (χ1n) is 13.5. The molecule has 0 saturated heterocycles. The summed E-state index contributed by atoms with van der Waals surface area (Å²) in [5.41, 5.74) is 0. The van der Waals surface area contributed by atoms with Gasteiger partial charge in [-0.25, -0.2) is 0 Å². The van der Waals surface area contributed by atoms with Crippen LogP contribution in [0.15, 0.2) is 12.2 Å². The number of hydrogen-bond acceptors (Lipinski definition) is 9. The molecule has 0 aromatic carbocycles. The van der Waals surface area contributed by atoms with Crippen molar-refractivity contribution in [1.82, 2.24) is 10.6 Å². The first-order valence-corrected chi connectivity index (χ1v) is 15.7. The van der Waals surface area contributed by atoms with E-state index in [0.29, 0.717) is 78.3 Å². The molecule has 0 aliphatic carbocycles. The van der Waals surface area contributed by atoms with Gasteiger partial charge in [-0.1, -0.05) is 74.8 Å². The maximum atomic E-state index is 11.8. The number of hydrogen-bond donors (Lipinski definition) is 2. The zero-order valence-electron chi connectivity index (χ0n) is 24.4. The second-order valence-corrected chi connectivity index (χ2v) is 13.4. The maximum Gasteiger partial charge on any atom is 0.222 e. The molecule has 0 aliphatic rings. The van der Waals surface area contributed by atoms with Gasteiger partial charge in [0.1, 0.15) is 4.93 Å². The van der Waals surface area contributed by atoms with Gasteiger partial charge in [-0.05, 0) is 19.9 Å². The van der Waals surface area contributed by atoms with E-state index in [1.165, 1.54) is 0 Å². The average Bonchev–Trinajstić information content (AvgIpc) is 2.85. The van der Waals surface area contributed by atoms with Crippen molar-refractivity contribution >= 4 is 27.5 Å². The number of carbonyl (C=O) groups excluding carboxylic acids is 1. The molecule has 0 fully saturated rings. The predicted molar refractivity (Wildman–Crippen MR) is 157 cm³/mol. The highest BCUT2D eigenvalue weighted by Crippen LogP contribution is 2.45. The van der Waals surface area contributed by atoms with E-state index in [4.69, 9.17) is 23.7 Å². The molecule has 1 amide bonds. The highest BCUT2D eigenvalue weighted by Gasteiger charge is 2.29. The molecule has 0 aromatic heterocycles. The third-order valence-electron chi connectivity index (χ3n) is 5.04. The van der Waals surface area contributed by atoms with Crippen LogP contribution in [0.5, 0.6) is 0 Å². The zero-order chi connectivity index (χ0) is 27.8. The quantitative estimate of drug-likeness (QED) is 0.0708. The highest BCUT2D eigenvalue weighted by atomic mass is 33.1. The molecule has 2 atom stereocenters. The number of allylic oxidation sites excluding steroid dienone is 1. The molecule has 0 radical (unpaired) electrons. The van der Waals surface area contributed by atoms with Crippen molar-refractivity contribution in [2.24, 2.45) is 5.92 Å². The van der Waals surface area contributed by atoms with Crippen molar-refractivity contribution < 1.29 is 28.5 Å². The lowest BCUT2D eigenvalue weighted by molar-refractivity contribution is -0.122. The van der Waals surface area contributed by atoms with Crippen LogP contribution in [0, 0.1) is 5.92 Å². The normalized spacial score (nSPS) is 14.7. The van der Waals surface area contributed by atoms with Crippen LogP contribution in [0.1, 0.15) is 60.8 Å². The third-order valence-corrected chi connectivity index (χ3v) is 9.11. The monoisotopic (exact) mass is 566 g/mol.